The number of H-pyrrole nitrogens is 1. The summed E-state index contributed by atoms with van der Waals surface area (Å²) in [6.07, 6.45) is 1.72. The first kappa shape index (κ1) is 19.1. The fraction of sp³-hybridized carbons (Fsp3) is 0.500. The Kier molecular flexibility index (Phi) is 5.50. The Hall–Kier alpha value is -2.19. The van der Waals surface area contributed by atoms with Gasteiger partial charge in [0.15, 0.2) is 0 Å². The molecule has 2 aliphatic heterocycles. The van der Waals surface area contributed by atoms with Crippen LogP contribution in [0.2, 0.25) is 0 Å². The minimum atomic E-state index is -0.216. The first-order valence-electron chi connectivity index (χ1n) is 9.63. The van der Waals surface area contributed by atoms with Gasteiger partial charge in [-0.3, -0.25) is 19.4 Å². The minimum Gasteiger partial charge on any atom is -0.491 e. The molecule has 2 aliphatic rings. The Balaban J connectivity index is 1.72. The Morgan fingerprint density at radius 2 is 1.89 bits per heavy atom. The van der Waals surface area contributed by atoms with Gasteiger partial charge in [-0.05, 0) is 44.4 Å². The van der Waals surface area contributed by atoms with Crippen molar-refractivity contribution >= 4 is 23.5 Å². The molecule has 0 bridgehead atoms. The SMILES string of the molecule is CC(C)Oc1ccc([C@@H]2SCC(=O)Nc3c2c(=O)[nH]n3C2CCOCC2)cc1. The fourth-order valence-electron chi connectivity index (χ4n) is 3.72. The number of fused-ring (bicyclic) bond motifs is 1. The number of aromatic amines is 1. The molecule has 0 saturated carbocycles. The molecule has 4 rings (SSSR count). The molecule has 0 aliphatic carbocycles. The summed E-state index contributed by atoms with van der Waals surface area (Å²) < 4.78 is 13.0. The summed E-state index contributed by atoms with van der Waals surface area (Å²) in [5, 5.41) is 5.70. The van der Waals surface area contributed by atoms with Crippen molar-refractivity contribution in [2.45, 2.75) is 44.1 Å². The normalized spacial score (nSPS) is 20.5. The number of benzene rings is 1. The highest BCUT2D eigenvalue weighted by molar-refractivity contribution is 8.00. The van der Waals surface area contributed by atoms with E-state index in [0.29, 0.717) is 30.3 Å². The molecule has 1 aromatic heterocycles. The molecule has 2 N–H and O–H groups in total. The smallest absolute Gasteiger partial charge is 0.270 e. The third-order valence-electron chi connectivity index (χ3n) is 4.97. The molecule has 28 heavy (non-hydrogen) atoms. The van der Waals surface area contributed by atoms with E-state index in [1.54, 1.807) is 0 Å². The summed E-state index contributed by atoms with van der Waals surface area (Å²) in [6, 6.07) is 7.90. The number of carbonyl (C=O) groups excluding carboxylic acids is 1. The number of aromatic nitrogens is 2. The van der Waals surface area contributed by atoms with Crippen molar-refractivity contribution in [3.05, 3.63) is 45.7 Å². The van der Waals surface area contributed by atoms with Crippen LogP contribution in [0.4, 0.5) is 5.82 Å². The van der Waals surface area contributed by atoms with Crippen LogP contribution in [-0.2, 0) is 9.53 Å². The second-order valence-corrected chi connectivity index (χ2v) is 8.49. The first-order valence-corrected chi connectivity index (χ1v) is 10.7. The summed E-state index contributed by atoms with van der Waals surface area (Å²) in [4.78, 5) is 25.2. The molecule has 8 heteroatoms. The highest BCUT2D eigenvalue weighted by Crippen LogP contribution is 2.41. The highest BCUT2D eigenvalue weighted by Gasteiger charge is 2.32. The Bertz CT molecular complexity index is 897. The van der Waals surface area contributed by atoms with Gasteiger partial charge in [0.1, 0.15) is 11.6 Å². The molecule has 1 amide bonds. The van der Waals surface area contributed by atoms with Crippen LogP contribution in [-0.4, -0.2) is 40.8 Å². The van der Waals surface area contributed by atoms with Gasteiger partial charge >= 0.3 is 0 Å². The number of nitrogens with one attached hydrogen (secondary N) is 2. The van der Waals surface area contributed by atoms with E-state index >= 15 is 0 Å². The lowest BCUT2D eigenvalue weighted by molar-refractivity contribution is -0.113. The van der Waals surface area contributed by atoms with Gasteiger partial charge in [0, 0.05) is 13.2 Å². The maximum Gasteiger partial charge on any atom is 0.270 e. The van der Waals surface area contributed by atoms with Crippen LogP contribution in [0.5, 0.6) is 5.75 Å². The predicted octanol–water partition coefficient (Wildman–Crippen LogP) is 3.09. The van der Waals surface area contributed by atoms with Gasteiger partial charge in [-0.2, -0.15) is 0 Å². The molecule has 1 fully saturated rings. The van der Waals surface area contributed by atoms with Crippen molar-refractivity contribution in [1.29, 1.82) is 0 Å². The van der Waals surface area contributed by atoms with E-state index in [-0.39, 0.29) is 28.9 Å². The van der Waals surface area contributed by atoms with Crippen LogP contribution in [0.25, 0.3) is 0 Å². The van der Waals surface area contributed by atoms with Crippen molar-refractivity contribution in [2.75, 3.05) is 24.3 Å². The summed E-state index contributed by atoms with van der Waals surface area (Å²) in [5.74, 6) is 1.60. The average Bonchev–Trinajstić information content (AvgIpc) is 2.89. The van der Waals surface area contributed by atoms with Crippen molar-refractivity contribution < 1.29 is 14.3 Å². The van der Waals surface area contributed by atoms with Gasteiger partial charge < -0.3 is 14.8 Å². The van der Waals surface area contributed by atoms with Gasteiger partial charge in [-0.15, -0.1) is 11.8 Å². The maximum atomic E-state index is 12.9. The second kappa shape index (κ2) is 8.05. The number of carbonyl (C=O) groups is 1. The van der Waals surface area contributed by atoms with E-state index in [1.165, 1.54) is 11.8 Å². The van der Waals surface area contributed by atoms with Crippen LogP contribution in [0, 0.1) is 0 Å². The maximum absolute atomic E-state index is 12.9. The molecule has 1 saturated heterocycles. The lowest BCUT2D eigenvalue weighted by Crippen LogP contribution is -2.24. The monoisotopic (exact) mass is 403 g/mol. The number of nitrogens with zero attached hydrogens (tertiary/aromatic N) is 1. The van der Waals surface area contributed by atoms with E-state index < -0.39 is 0 Å². The van der Waals surface area contributed by atoms with Crippen molar-refractivity contribution in [2.24, 2.45) is 0 Å². The van der Waals surface area contributed by atoms with E-state index in [9.17, 15) is 9.59 Å². The number of hydrogen-bond acceptors (Lipinski definition) is 5. The average molecular weight is 404 g/mol. The Morgan fingerprint density at radius 1 is 1.18 bits per heavy atom. The number of hydrogen-bond donors (Lipinski definition) is 2. The fourth-order valence-corrected chi connectivity index (χ4v) is 4.84. The van der Waals surface area contributed by atoms with Crippen LogP contribution < -0.4 is 15.6 Å². The van der Waals surface area contributed by atoms with E-state index in [2.05, 4.69) is 10.4 Å². The molecule has 7 nitrogen and oxygen atoms in total. The van der Waals surface area contributed by atoms with Crippen LogP contribution in [0.3, 0.4) is 0 Å². The zero-order valence-electron chi connectivity index (χ0n) is 16.1. The van der Waals surface area contributed by atoms with Gasteiger partial charge in [0.05, 0.1) is 28.7 Å². The van der Waals surface area contributed by atoms with Crippen LogP contribution >= 0.6 is 11.8 Å². The van der Waals surface area contributed by atoms with Crippen molar-refractivity contribution in [1.82, 2.24) is 9.78 Å². The molecule has 150 valence electrons. The standard InChI is InChI=1S/C20H25N3O4S/c1-12(2)27-15-5-3-13(4-6-15)18-17-19(21-16(24)11-28-18)23(22-20(17)25)14-7-9-26-10-8-14/h3-6,12,14,18H,7-11H2,1-2H3,(H,21,24)(H,22,25)/t18-/m0/s1. The quantitative estimate of drug-likeness (QED) is 0.819. The van der Waals surface area contributed by atoms with Crippen LogP contribution in [0.15, 0.2) is 29.1 Å². The van der Waals surface area contributed by atoms with E-state index in [4.69, 9.17) is 9.47 Å². The molecule has 3 heterocycles. The van der Waals surface area contributed by atoms with Gasteiger partial charge in [0.25, 0.3) is 5.56 Å². The predicted molar refractivity (Wildman–Crippen MR) is 109 cm³/mol. The van der Waals surface area contributed by atoms with E-state index in [0.717, 1.165) is 24.2 Å². The summed E-state index contributed by atoms with van der Waals surface area (Å²) in [6.45, 7) is 5.28. The minimum absolute atomic E-state index is 0.0895. The number of anilines is 1. The Labute approximate surface area is 167 Å². The number of thioether (sulfide) groups is 1. The number of rotatable bonds is 4. The summed E-state index contributed by atoms with van der Waals surface area (Å²) in [7, 11) is 0. The molecular weight excluding hydrogens is 378 g/mol. The third-order valence-corrected chi connectivity index (χ3v) is 6.24. The number of amides is 1. The molecule has 0 radical (unpaired) electrons. The molecule has 1 aromatic carbocycles. The molecular formula is C20H25N3O4S. The molecule has 0 spiro atoms. The molecule has 1 atom stereocenters. The topological polar surface area (TPSA) is 85.4 Å². The van der Waals surface area contributed by atoms with Crippen LogP contribution in [0.1, 0.15) is 49.1 Å². The first-order chi connectivity index (χ1) is 13.5. The second-order valence-electron chi connectivity index (χ2n) is 7.39. The third kappa shape index (κ3) is 3.84. The Morgan fingerprint density at radius 3 is 2.57 bits per heavy atom. The zero-order chi connectivity index (χ0) is 19.7. The van der Waals surface area contributed by atoms with Gasteiger partial charge in [0.2, 0.25) is 5.91 Å². The van der Waals surface area contributed by atoms with Crippen molar-refractivity contribution in [3.8, 4) is 5.75 Å². The summed E-state index contributed by atoms with van der Waals surface area (Å²) >= 11 is 1.47. The summed E-state index contributed by atoms with van der Waals surface area (Å²) in [5.41, 5.74) is 1.44. The molecule has 2 aromatic rings. The largest absolute Gasteiger partial charge is 0.491 e. The number of ether oxygens (including phenoxy) is 2. The lowest BCUT2D eigenvalue weighted by atomic mass is 10.1. The lowest BCUT2D eigenvalue weighted by Gasteiger charge is -2.25. The molecule has 0 unspecified atom stereocenters. The van der Waals surface area contributed by atoms with Gasteiger partial charge in [-0.1, -0.05) is 12.1 Å². The highest BCUT2D eigenvalue weighted by atomic mass is 32.2. The van der Waals surface area contributed by atoms with Crippen molar-refractivity contribution in [3.63, 3.8) is 0 Å². The van der Waals surface area contributed by atoms with E-state index in [1.807, 2.05) is 42.8 Å². The zero-order valence-corrected chi connectivity index (χ0v) is 16.9. The van der Waals surface area contributed by atoms with Gasteiger partial charge in [-0.25, -0.2) is 0 Å².